The second kappa shape index (κ2) is 5.25. The van der Waals surface area contributed by atoms with Crippen LogP contribution in [0.2, 0.25) is 0 Å². The maximum absolute atomic E-state index is 13.7. The molecule has 0 amide bonds. The van der Waals surface area contributed by atoms with Gasteiger partial charge >= 0.3 is 0 Å². The second-order valence-corrected chi connectivity index (χ2v) is 4.10. The second-order valence-electron chi connectivity index (χ2n) is 4.10. The lowest BCUT2D eigenvalue weighted by Crippen LogP contribution is -2.21. The Labute approximate surface area is 95.1 Å². The van der Waals surface area contributed by atoms with Gasteiger partial charge in [-0.15, -0.1) is 0 Å². The Kier molecular flexibility index (Phi) is 4.24. The van der Waals surface area contributed by atoms with E-state index in [0.717, 1.165) is 0 Å². The molecule has 0 spiro atoms. The monoisotopic (exact) mass is 228 g/mol. The highest BCUT2D eigenvalue weighted by Crippen LogP contribution is 2.24. The molecule has 1 aromatic carbocycles. The molecule has 4 heteroatoms. The number of benzene rings is 1. The van der Waals surface area contributed by atoms with Crippen molar-refractivity contribution in [2.24, 2.45) is 5.73 Å². The lowest BCUT2D eigenvalue weighted by atomic mass is 10.1. The smallest absolute Gasteiger partial charge is 0.149 e. The van der Waals surface area contributed by atoms with Gasteiger partial charge in [0.25, 0.3) is 0 Å². The number of halogens is 2. The van der Waals surface area contributed by atoms with E-state index < -0.39 is 11.6 Å². The number of nitrogens with zero attached hydrogens (tertiary/aromatic N) is 1. The Morgan fingerprint density at radius 3 is 2.19 bits per heavy atom. The minimum absolute atomic E-state index is 0.0240. The van der Waals surface area contributed by atoms with Crippen molar-refractivity contribution < 1.29 is 8.78 Å². The first-order valence-electron chi connectivity index (χ1n) is 5.40. The summed E-state index contributed by atoms with van der Waals surface area (Å²) in [6, 6.07) is 2.61. The number of anilines is 1. The Morgan fingerprint density at radius 1 is 1.31 bits per heavy atom. The van der Waals surface area contributed by atoms with Crippen molar-refractivity contribution in [3.05, 3.63) is 29.3 Å². The third kappa shape index (κ3) is 2.92. The fourth-order valence-electron chi connectivity index (χ4n) is 1.63. The Bertz CT molecular complexity index is 341. The van der Waals surface area contributed by atoms with Crippen LogP contribution in [-0.2, 0) is 6.42 Å². The average Bonchev–Trinajstić information content (AvgIpc) is 2.15. The predicted molar refractivity (Wildman–Crippen MR) is 62.7 cm³/mol. The molecule has 2 N–H and O–H groups in total. The van der Waals surface area contributed by atoms with E-state index >= 15 is 0 Å². The normalized spacial score (nSPS) is 12.6. The maximum atomic E-state index is 13.7. The molecular weight excluding hydrogens is 210 g/mol. The highest BCUT2D eigenvalue weighted by Gasteiger charge is 2.14. The number of hydrogen-bond donors (Lipinski definition) is 1. The van der Waals surface area contributed by atoms with E-state index in [9.17, 15) is 8.78 Å². The molecule has 0 heterocycles. The fourth-order valence-corrected chi connectivity index (χ4v) is 1.63. The standard InChI is InChI=1S/C12H18F2N2/c1-4-16(3)12-10(13)6-9(5-8(2)15)7-11(12)14/h6-8H,4-5,15H2,1-3H3. The first kappa shape index (κ1) is 12.9. The molecule has 0 radical (unpaired) electrons. The molecule has 90 valence electrons. The molecule has 1 unspecified atom stereocenters. The topological polar surface area (TPSA) is 29.3 Å². The molecule has 0 saturated carbocycles. The molecule has 16 heavy (non-hydrogen) atoms. The quantitative estimate of drug-likeness (QED) is 0.856. The zero-order valence-corrected chi connectivity index (χ0v) is 9.93. The summed E-state index contributed by atoms with van der Waals surface area (Å²) in [6.45, 7) is 4.21. The first-order chi connectivity index (χ1) is 7.45. The molecule has 0 saturated heterocycles. The summed E-state index contributed by atoms with van der Waals surface area (Å²) in [7, 11) is 1.66. The van der Waals surface area contributed by atoms with Crippen LogP contribution in [0.3, 0.4) is 0 Å². The van der Waals surface area contributed by atoms with E-state index in [2.05, 4.69) is 0 Å². The van der Waals surface area contributed by atoms with Gasteiger partial charge in [0.05, 0.1) is 0 Å². The average molecular weight is 228 g/mol. The van der Waals surface area contributed by atoms with Gasteiger partial charge in [-0.1, -0.05) is 0 Å². The minimum atomic E-state index is -0.528. The van der Waals surface area contributed by atoms with Gasteiger partial charge in [0.1, 0.15) is 17.3 Å². The van der Waals surface area contributed by atoms with Crippen molar-refractivity contribution in [3.63, 3.8) is 0 Å². The number of nitrogens with two attached hydrogens (primary N) is 1. The van der Waals surface area contributed by atoms with E-state index in [1.54, 1.807) is 11.9 Å². The maximum Gasteiger partial charge on any atom is 0.149 e. The highest BCUT2D eigenvalue weighted by atomic mass is 19.1. The summed E-state index contributed by atoms with van der Waals surface area (Å²) < 4.78 is 27.4. The van der Waals surface area contributed by atoms with Crippen LogP contribution in [0, 0.1) is 11.6 Å². The molecule has 0 fully saturated rings. The van der Waals surface area contributed by atoms with E-state index in [-0.39, 0.29) is 11.7 Å². The van der Waals surface area contributed by atoms with E-state index in [0.29, 0.717) is 18.5 Å². The molecule has 1 atom stereocenters. The summed E-state index contributed by atoms with van der Waals surface area (Å²) in [4.78, 5) is 1.54. The van der Waals surface area contributed by atoms with E-state index in [1.165, 1.54) is 12.1 Å². The SMILES string of the molecule is CCN(C)c1c(F)cc(CC(C)N)cc1F. The summed E-state index contributed by atoms with van der Waals surface area (Å²) in [5.74, 6) is -1.06. The van der Waals surface area contributed by atoms with Gasteiger partial charge in [-0.3, -0.25) is 0 Å². The Morgan fingerprint density at radius 2 is 1.81 bits per heavy atom. The van der Waals surface area contributed by atoms with Crippen LogP contribution in [0.15, 0.2) is 12.1 Å². The highest BCUT2D eigenvalue weighted by molar-refractivity contribution is 5.50. The van der Waals surface area contributed by atoms with E-state index in [4.69, 9.17) is 5.73 Å². The van der Waals surface area contributed by atoms with Crippen molar-refractivity contribution in [2.75, 3.05) is 18.5 Å². The fraction of sp³-hybridized carbons (Fsp3) is 0.500. The van der Waals surface area contributed by atoms with Gasteiger partial charge < -0.3 is 10.6 Å². The van der Waals surface area contributed by atoms with Crippen LogP contribution in [0.5, 0.6) is 0 Å². The summed E-state index contributed by atoms with van der Waals surface area (Å²) in [5.41, 5.74) is 6.21. The molecule has 0 aliphatic carbocycles. The van der Waals surface area contributed by atoms with Crippen molar-refractivity contribution in [3.8, 4) is 0 Å². The van der Waals surface area contributed by atoms with Crippen LogP contribution in [0.25, 0.3) is 0 Å². The molecule has 1 aromatic rings. The van der Waals surface area contributed by atoms with Crippen molar-refractivity contribution >= 4 is 5.69 Å². The van der Waals surface area contributed by atoms with Gasteiger partial charge in [0.2, 0.25) is 0 Å². The summed E-state index contributed by atoms with van der Waals surface area (Å²) in [5, 5.41) is 0. The van der Waals surface area contributed by atoms with Gasteiger partial charge in [0, 0.05) is 19.6 Å². The van der Waals surface area contributed by atoms with Gasteiger partial charge in [-0.25, -0.2) is 8.78 Å². The molecule has 2 nitrogen and oxygen atoms in total. The zero-order chi connectivity index (χ0) is 12.3. The molecule has 0 aliphatic rings. The van der Waals surface area contributed by atoms with E-state index in [1.807, 2.05) is 13.8 Å². The first-order valence-corrected chi connectivity index (χ1v) is 5.40. The molecule has 0 aliphatic heterocycles. The summed E-state index contributed by atoms with van der Waals surface area (Å²) >= 11 is 0. The third-order valence-corrected chi connectivity index (χ3v) is 2.49. The van der Waals surface area contributed by atoms with Crippen molar-refractivity contribution in [2.45, 2.75) is 26.3 Å². The van der Waals surface area contributed by atoms with Crippen LogP contribution >= 0.6 is 0 Å². The minimum Gasteiger partial charge on any atom is -0.370 e. The zero-order valence-electron chi connectivity index (χ0n) is 9.93. The largest absolute Gasteiger partial charge is 0.370 e. The lowest BCUT2D eigenvalue weighted by Gasteiger charge is -2.19. The van der Waals surface area contributed by atoms with Crippen LogP contribution in [-0.4, -0.2) is 19.6 Å². The van der Waals surface area contributed by atoms with Crippen molar-refractivity contribution in [1.29, 1.82) is 0 Å². The van der Waals surface area contributed by atoms with Crippen molar-refractivity contribution in [1.82, 2.24) is 0 Å². The lowest BCUT2D eigenvalue weighted by molar-refractivity contribution is 0.572. The molecule has 0 bridgehead atoms. The number of rotatable bonds is 4. The third-order valence-electron chi connectivity index (χ3n) is 2.49. The Hall–Kier alpha value is -1.16. The van der Waals surface area contributed by atoms with Crippen LogP contribution in [0.4, 0.5) is 14.5 Å². The number of hydrogen-bond acceptors (Lipinski definition) is 2. The van der Waals surface area contributed by atoms with Gasteiger partial charge in [-0.05, 0) is 38.0 Å². The molecule has 0 aromatic heterocycles. The summed E-state index contributed by atoms with van der Waals surface area (Å²) in [6.07, 6.45) is 0.476. The Balaban J connectivity index is 3.07. The predicted octanol–water partition coefficient (Wildman–Crippen LogP) is 2.31. The van der Waals surface area contributed by atoms with Gasteiger partial charge in [-0.2, -0.15) is 0 Å². The van der Waals surface area contributed by atoms with Crippen LogP contribution < -0.4 is 10.6 Å². The van der Waals surface area contributed by atoms with Gasteiger partial charge in [0.15, 0.2) is 0 Å². The van der Waals surface area contributed by atoms with Crippen LogP contribution in [0.1, 0.15) is 19.4 Å². The molecule has 1 rings (SSSR count). The molecular formula is C12H18F2N2.